The van der Waals surface area contributed by atoms with Crippen LogP contribution in [0.25, 0.3) is 0 Å². The van der Waals surface area contributed by atoms with Crippen molar-refractivity contribution in [1.82, 2.24) is 15.5 Å². The Morgan fingerprint density at radius 3 is 2.24 bits per heavy atom. The molecule has 3 amide bonds. The maximum Gasteiger partial charge on any atom is 0.251 e. The SMILES string of the molecule is CC[C@H](C)NC(=O)[C@@H](NC(=O)c1ccc(C)cc1)C1CCN(C(=O)CCc2ccccc2)CC1. The molecule has 6 nitrogen and oxygen atoms in total. The number of nitrogens with one attached hydrogen (secondary N) is 2. The summed E-state index contributed by atoms with van der Waals surface area (Å²) >= 11 is 0. The van der Waals surface area contributed by atoms with E-state index in [4.69, 9.17) is 0 Å². The highest BCUT2D eigenvalue weighted by Gasteiger charge is 2.34. The van der Waals surface area contributed by atoms with Crippen molar-refractivity contribution in [3.8, 4) is 0 Å². The number of likely N-dealkylation sites (tertiary alicyclic amines) is 1. The van der Waals surface area contributed by atoms with Crippen molar-refractivity contribution in [3.63, 3.8) is 0 Å². The van der Waals surface area contributed by atoms with E-state index in [0.29, 0.717) is 37.9 Å². The zero-order valence-electron chi connectivity index (χ0n) is 20.5. The number of benzene rings is 2. The van der Waals surface area contributed by atoms with Gasteiger partial charge in [-0.05, 0) is 63.1 Å². The molecule has 34 heavy (non-hydrogen) atoms. The van der Waals surface area contributed by atoms with Gasteiger partial charge >= 0.3 is 0 Å². The van der Waals surface area contributed by atoms with Crippen LogP contribution in [0.15, 0.2) is 54.6 Å². The standard InChI is InChI=1S/C28H37N3O3/c1-4-21(3)29-28(34)26(30-27(33)24-13-10-20(2)11-14-24)23-16-18-31(19-17-23)25(32)15-12-22-8-6-5-7-9-22/h5-11,13-14,21,23,26H,4,12,15-19H2,1-3H3,(H,29,34)(H,30,33)/t21-,26-/m0/s1. The molecule has 2 aromatic rings. The van der Waals surface area contributed by atoms with Gasteiger partial charge in [-0.25, -0.2) is 0 Å². The van der Waals surface area contributed by atoms with E-state index in [9.17, 15) is 14.4 Å². The first-order valence-electron chi connectivity index (χ1n) is 12.4. The predicted octanol–water partition coefficient (Wildman–Crippen LogP) is 3.88. The molecule has 1 aliphatic heterocycles. The number of amides is 3. The molecule has 1 saturated heterocycles. The maximum absolute atomic E-state index is 13.1. The van der Waals surface area contributed by atoms with Crippen LogP contribution in [-0.4, -0.2) is 47.8 Å². The Morgan fingerprint density at radius 1 is 0.971 bits per heavy atom. The van der Waals surface area contributed by atoms with Gasteiger partial charge in [-0.3, -0.25) is 14.4 Å². The highest BCUT2D eigenvalue weighted by Crippen LogP contribution is 2.23. The summed E-state index contributed by atoms with van der Waals surface area (Å²) in [5.74, 6) is -0.266. The van der Waals surface area contributed by atoms with Crippen molar-refractivity contribution >= 4 is 17.7 Å². The van der Waals surface area contributed by atoms with Crippen LogP contribution in [0.2, 0.25) is 0 Å². The molecule has 0 saturated carbocycles. The van der Waals surface area contributed by atoms with Gasteiger partial charge in [-0.15, -0.1) is 0 Å². The van der Waals surface area contributed by atoms with E-state index in [1.807, 2.05) is 68.1 Å². The number of nitrogens with zero attached hydrogens (tertiary/aromatic N) is 1. The lowest BCUT2D eigenvalue weighted by molar-refractivity contribution is -0.133. The van der Waals surface area contributed by atoms with Crippen molar-refractivity contribution < 1.29 is 14.4 Å². The molecule has 2 aromatic carbocycles. The average molecular weight is 464 g/mol. The lowest BCUT2D eigenvalue weighted by atomic mass is 9.88. The van der Waals surface area contributed by atoms with Crippen LogP contribution < -0.4 is 10.6 Å². The summed E-state index contributed by atoms with van der Waals surface area (Å²) in [4.78, 5) is 40.6. The molecule has 0 aromatic heterocycles. The topological polar surface area (TPSA) is 78.5 Å². The van der Waals surface area contributed by atoms with Crippen LogP contribution in [-0.2, 0) is 16.0 Å². The van der Waals surface area contributed by atoms with Crippen LogP contribution in [0, 0.1) is 12.8 Å². The zero-order valence-corrected chi connectivity index (χ0v) is 20.5. The highest BCUT2D eigenvalue weighted by atomic mass is 16.2. The van der Waals surface area contributed by atoms with E-state index >= 15 is 0 Å². The summed E-state index contributed by atoms with van der Waals surface area (Å²) in [6.45, 7) is 7.16. The second kappa shape index (κ2) is 12.4. The average Bonchev–Trinajstić information content (AvgIpc) is 2.86. The van der Waals surface area contributed by atoms with Gasteiger partial charge in [0.05, 0.1) is 0 Å². The van der Waals surface area contributed by atoms with Gasteiger partial charge in [0.2, 0.25) is 11.8 Å². The minimum absolute atomic E-state index is 0.0170. The second-order valence-electron chi connectivity index (χ2n) is 9.34. The quantitative estimate of drug-likeness (QED) is 0.592. The van der Waals surface area contributed by atoms with E-state index in [2.05, 4.69) is 10.6 Å². The van der Waals surface area contributed by atoms with E-state index in [-0.39, 0.29) is 29.7 Å². The molecule has 1 fully saturated rings. The van der Waals surface area contributed by atoms with Crippen molar-refractivity contribution in [2.75, 3.05) is 13.1 Å². The third kappa shape index (κ3) is 7.17. The molecule has 0 bridgehead atoms. The molecule has 2 atom stereocenters. The first kappa shape index (κ1) is 25.5. The number of carbonyl (C=O) groups excluding carboxylic acids is 3. The van der Waals surface area contributed by atoms with Gasteiger partial charge in [0.25, 0.3) is 5.91 Å². The summed E-state index contributed by atoms with van der Waals surface area (Å²) < 4.78 is 0. The maximum atomic E-state index is 13.1. The predicted molar refractivity (Wildman–Crippen MR) is 134 cm³/mol. The third-order valence-electron chi connectivity index (χ3n) is 6.72. The van der Waals surface area contributed by atoms with Crippen LogP contribution in [0.1, 0.15) is 61.0 Å². The van der Waals surface area contributed by atoms with Gasteiger partial charge in [-0.1, -0.05) is 55.0 Å². The molecule has 1 heterocycles. The number of aryl methyl sites for hydroxylation is 2. The summed E-state index contributed by atoms with van der Waals surface area (Å²) in [5, 5.41) is 6.02. The fourth-order valence-electron chi connectivity index (χ4n) is 4.30. The monoisotopic (exact) mass is 463 g/mol. The van der Waals surface area contributed by atoms with Gasteiger partial charge in [0.15, 0.2) is 0 Å². The molecule has 182 valence electrons. The Balaban J connectivity index is 1.61. The fraction of sp³-hybridized carbons (Fsp3) is 0.464. The molecule has 0 spiro atoms. The molecule has 2 N–H and O–H groups in total. The first-order valence-corrected chi connectivity index (χ1v) is 12.4. The number of hydrogen-bond acceptors (Lipinski definition) is 3. The molecule has 1 aliphatic rings. The van der Waals surface area contributed by atoms with E-state index in [0.717, 1.165) is 24.0 Å². The molecular formula is C28H37N3O3. The minimum Gasteiger partial charge on any atom is -0.352 e. The largest absolute Gasteiger partial charge is 0.352 e. The first-order chi connectivity index (χ1) is 16.4. The van der Waals surface area contributed by atoms with Gasteiger partial charge in [-0.2, -0.15) is 0 Å². The van der Waals surface area contributed by atoms with E-state index in [1.54, 1.807) is 12.1 Å². The van der Waals surface area contributed by atoms with Crippen LogP contribution in [0.3, 0.4) is 0 Å². The lowest BCUT2D eigenvalue weighted by Gasteiger charge is -2.36. The summed E-state index contributed by atoms with van der Waals surface area (Å²) in [5.41, 5.74) is 2.78. The number of piperidine rings is 1. The molecular weight excluding hydrogens is 426 g/mol. The summed E-state index contributed by atoms with van der Waals surface area (Å²) in [6.07, 6.45) is 3.40. The summed E-state index contributed by atoms with van der Waals surface area (Å²) in [7, 11) is 0. The molecule has 3 rings (SSSR count). The normalized spacial score (nSPS) is 15.9. The van der Waals surface area contributed by atoms with E-state index < -0.39 is 6.04 Å². The molecule has 6 heteroatoms. The van der Waals surface area contributed by atoms with Crippen molar-refractivity contribution in [3.05, 3.63) is 71.3 Å². The lowest BCUT2D eigenvalue weighted by Crippen LogP contribution is -2.55. The third-order valence-corrected chi connectivity index (χ3v) is 6.72. The van der Waals surface area contributed by atoms with Crippen molar-refractivity contribution in [2.24, 2.45) is 5.92 Å². The van der Waals surface area contributed by atoms with E-state index in [1.165, 1.54) is 0 Å². The Labute approximate surface area is 203 Å². The smallest absolute Gasteiger partial charge is 0.251 e. The second-order valence-corrected chi connectivity index (χ2v) is 9.34. The number of carbonyl (C=O) groups is 3. The number of rotatable bonds is 9. The number of hydrogen-bond donors (Lipinski definition) is 2. The summed E-state index contributed by atoms with van der Waals surface area (Å²) in [6, 6.07) is 16.8. The molecule has 0 aliphatic carbocycles. The Morgan fingerprint density at radius 2 is 1.62 bits per heavy atom. The molecule has 0 radical (unpaired) electrons. The van der Waals surface area contributed by atoms with Crippen LogP contribution in [0.4, 0.5) is 0 Å². The van der Waals surface area contributed by atoms with Gasteiger partial charge in [0, 0.05) is 31.1 Å². The van der Waals surface area contributed by atoms with Gasteiger partial charge in [0.1, 0.15) is 6.04 Å². The Hall–Kier alpha value is -3.15. The Kier molecular flexibility index (Phi) is 9.25. The zero-order chi connectivity index (χ0) is 24.5. The minimum atomic E-state index is -0.621. The Bertz CT molecular complexity index is 951. The van der Waals surface area contributed by atoms with Gasteiger partial charge < -0.3 is 15.5 Å². The molecule has 0 unspecified atom stereocenters. The van der Waals surface area contributed by atoms with Crippen molar-refractivity contribution in [1.29, 1.82) is 0 Å². The van der Waals surface area contributed by atoms with Crippen LogP contribution >= 0.6 is 0 Å². The highest BCUT2D eigenvalue weighted by molar-refractivity contribution is 5.97. The van der Waals surface area contributed by atoms with Crippen molar-refractivity contribution in [2.45, 2.75) is 65.0 Å². The van der Waals surface area contributed by atoms with Crippen LogP contribution in [0.5, 0.6) is 0 Å². The fourth-order valence-corrected chi connectivity index (χ4v) is 4.30.